The van der Waals surface area contributed by atoms with Crippen molar-refractivity contribution in [1.82, 2.24) is 0 Å². The number of benzene rings is 3. The zero-order valence-corrected chi connectivity index (χ0v) is 16.9. The van der Waals surface area contributed by atoms with Gasteiger partial charge in [-0.25, -0.2) is 8.42 Å². The van der Waals surface area contributed by atoms with Crippen molar-refractivity contribution in [1.29, 1.82) is 0 Å². The van der Waals surface area contributed by atoms with Crippen molar-refractivity contribution < 1.29 is 22.7 Å². The van der Waals surface area contributed by atoms with Crippen molar-refractivity contribution in [3.8, 4) is 11.5 Å². The first-order valence-corrected chi connectivity index (χ1v) is 10.4. The fraction of sp³-hybridized carbons (Fsp3) is 0.136. The SMILES string of the molecule is CCOc1ccc(N(C(=O)c2cccc(OC)c2)S(=O)(=O)c2ccccc2)cc1. The molecule has 0 aliphatic carbocycles. The number of ether oxygens (including phenoxy) is 2. The predicted octanol–water partition coefficient (Wildman–Crippen LogP) is 4.13. The highest BCUT2D eigenvalue weighted by atomic mass is 32.2. The van der Waals surface area contributed by atoms with E-state index in [1.807, 2.05) is 6.92 Å². The van der Waals surface area contributed by atoms with Crippen LogP contribution in [0.25, 0.3) is 0 Å². The predicted molar refractivity (Wildman–Crippen MR) is 111 cm³/mol. The maximum atomic E-state index is 13.4. The monoisotopic (exact) mass is 411 g/mol. The standard InChI is InChI=1S/C22H21NO5S/c1-3-28-19-14-12-18(13-15-19)23(29(25,26)21-10-5-4-6-11-21)22(24)17-8-7-9-20(16-17)27-2/h4-16H,3H2,1-2H3. The van der Waals surface area contributed by atoms with E-state index in [9.17, 15) is 13.2 Å². The Morgan fingerprint density at radius 2 is 1.59 bits per heavy atom. The molecule has 0 spiro atoms. The molecule has 0 saturated carbocycles. The summed E-state index contributed by atoms with van der Waals surface area (Å²) in [5, 5.41) is 0. The molecule has 0 bridgehead atoms. The number of carbonyl (C=O) groups excluding carboxylic acids is 1. The maximum absolute atomic E-state index is 13.4. The normalized spacial score (nSPS) is 11.0. The zero-order chi connectivity index (χ0) is 20.9. The van der Waals surface area contributed by atoms with Crippen molar-refractivity contribution in [2.24, 2.45) is 0 Å². The van der Waals surface area contributed by atoms with Gasteiger partial charge in [0, 0.05) is 5.56 Å². The molecule has 0 N–H and O–H groups in total. The number of sulfonamides is 1. The highest BCUT2D eigenvalue weighted by Crippen LogP contribution is 2.28. The lowest BCUT2D eigenvalue weighted by Crippen LogP contribution is -2.37. The van der Waals surface area contributed by atoms with E-state index in [2.05, 4.69) is 0 Å². The molecule has 0 aliphatic rings. The Morgan fingerprint density at radius 3 is 2.21 bits per heavy atom. The number of carbonyl (C=O) groups is 1. The molecule has 0 saturated heterocycles. The van der Waals surface area contributed by atoms with E-state index in [4.69, 9.17) is 9.47 Å². The molecule has 0 heterocycles. The van der Waals surface area contributed by atoms with Gasteiger partial charge in [0.05, 0.1) is 24.3 Å². The van der Waals surface area contributed by atoms with Crippen molar-refractivity contribution in [3.05, 3.63) is 84.4 Å². The smallest absolute Gasteiger partial charge is 0.272 e. The molecule has 3 rings (SSSR count). The molecule has 0 aliphatic heterocycles. The fourth-order valence-electron chi connectivity index (χ4n) is 2.78. The Bertz CT molecular complexity index is 1080. The molecule has 6 nitrogen and oxygen atoms in total. The van der Waals surface area contributed by atoms with Gasteiger partial charge < -0.3 is 9.47 Å². The second-order valence-corrected chi connectivity index (χ2v) is 7.83. The summed E-state index contributed by atoms with van der Waals surface area (Å²) in [7, 11) is -2.66. The minimum atomic E-state index is -4.14. The van der Waals surface area contributed by atoms with Gasteiger partial charge in [0.15, 0.2) is 0 Å². The van der Waals surface area contributed by atoms with Gasteiger partial charge >= 0.3 is 0 Å². The van der Waals surface area contributed by atoms with Crippen LogP contribution >= 0.6 is 0 Å². The maximum Gasteiger partial charge on any atom is 0.272 e. The van der Waals surface area contributed by atoms with E-state index in [0.29, 0.717) is 18.1 Å². The number of methoxy groups -OCH3 is 1. The molecule has 0 unspecified atom stereocenters. The van der Waals surface area contributed by atoms with Gasteiger partial charge in [0.2, 0.25) is 0 Å². The lowest BCUT2D eigenvalue weighted by atomic mass is 10.2. The van der Waals surface area contributed by atoms with Crippen LogP contribution in [0.15, 0.2) is 83.8 Å². The van der Waals surface area contributed by atoms with E-state index in [-0.39, 0.29) is 16.1 Å². The van der Waals surface area contributed by atoms with Crippen molar-refractivity contribution >= 4 is 21.6 Å². The molecule has 3 aromatic carbocycles. The van der Waals surface area contributed by atoms with Crippen LogP contribution in [0.2, 0.25) is 0 Å². The van der Waals surface area contributed by atoms with Crippen LogP contribution in [0.4, 0.5) is 5.69 Å². The number of hydrogen-bond donors (Lipinski definition) is 0. The van der Waals surface area contributed by atoms with Crippen LogP contribution in [-0.2, 0) is 10.0 Å². The van der Waals surface area contributed by atoms with Crippen molar-refractivity contribution in [2.45, 2.75) is 11.8 Å². The third-order valence-corrected chi connectivity index (χ3v) is 5.89. The first-order valence-electron chi connectivity index (χ1n) is 8.99. The molecular formula is C22H21NO5S. The molecule has 29 heavy (non-hydrogen) atoms. The lowest BCUT2D eigenvalue weighted by Gasteiger charge is -2.23. The summed E-state index contributed by atoms with van der Waals surface area (Å²) in [6, 6.07) is 20.6. The van der Waals surface area contributed by atoms with Crippen molar-refractivity contribution in [3.63, 3.8) is 0 Å². The van der Waals surface area contributed by atoms with Gasteiger partial charge in [0.25, 0.3) is 15.9 Å². The Labute approximate surface area is 170 Å². The Balaban J connectivity index is 2.12. The molecular weight excluding hydrogens is 390 g/mol. The number of rotatable bonds is 7. The molecule has 0 radical (unpaired) electrons. The summed E-state index contributed by atoms with van der Waals surface area (Å²) in [5.74, 6) is 0.360. The number of anilines is 1. The molecule has 7 heteroatoms. The third kappa shape index (κ3) is 4.41. The van der Waals surface area contributed by atoms with Crippen LogP contribution in [0.5, 0.6) is 11.5 Å². The molecule has 0 fully saturated rings. The van der Waals surface area contributed by atoms with Gasteiger partial charge in [-0.1, -0.05) is 24.3 Å². The zero-order valence-electron chi connectivity index (χ0n) is 16.1. The summed E-state index contributed by atoms with van der Waals surface area (Å²) in [6.45, 7) is 2.33. The summed E-state index contributed by atoms with van der Waals surface area (Å²) >= 11 is 0. The van der Waals surface area contributed by atoms with Gasteiger partial charge in [-0.05, 0) is 61.5 Å². The Kier molecular flexibility index (Phi) is 6.19. The third-order valence-electron chi connectivity index (χ3n) is 4.16. The topological polar surface area (TPSA) is 72.9 Å². The van der Waals surface area contributed by atoms with E-state index in [0.717, 1.165) is 4.31 Å². The van der Waals surface area contributed by atoms with Gasteiger partial charge in [0.1, 0.15) is 11.5 Å². The van der Waals surface area contributed by atoms with Gasteiger partial charge in [-0.2, -0.15) is 4.31 Å². The van der Waals surface area contributed by atoms with E-state index in [1.165, 1.54) is 25.3 Å². The van der Waals surface area contributed by atoms with Crippen LogP contribution in [0.1, 0.15) is 17.3 Å². The number of hydrogen-bond acceptors (Lipinski definition) is 5. The second-order valence-electron chi connectivity index (χ2n) is 6.05. The molecule has 1 amide bonds. The van der Waals surface area contributed by atoms with E-state index in [1.54, 1.807) is 60.7 Å². The lowest BCUT2D eigenvalue weighted by molar-refractivity contribution is 0.100. The summed E-state index contributed by atoms with van der Waals surface area (Å²) in [6.07, 6.45) is 0. The van der Waals surface area contributed by atoms with Crippen LogP contribution in [0.3, 0.4) is 0 Å². The van der Waals surface area contributed by atoms with Crippen LogP contribution < -0.4 is 13.8 Å². The van der Waals surface area contributed by atoms with Gasteiger partial charge in [-0.3, -0.25) is 4.79 Å². The minimum Gasteiger partial charge on any atom is -0.497 e. The fourth-order valence-corrected chi connectivity index (χ4v) is 4.22. The Morgan fingerprint density at radius 1 is 0.897 bits per heavy atom. The van der Waals surface area contributed by atoms with Crippen molar-refractivity contribution in [2.75, 3.05) is 18.0 Å². The molecule has 0 aromatic heterocycles. The second kappa shape index (κ2) is 8.79. The molecule has 3 aromatic rings. The highest BCUT2D eigenvalue weighted by molar-refractivity contribution is 7.93. The minimum absolute atomic E-state index is 0.0186. The highest BCUT2D eigenvalue weighted by Gasteiger charge is 2.32. The largest absolute Gasteiger partial charge is 0.497 e. The van der Waals surface area contributed by atoms with Gasteiger partial charge in [-0.15, -0.1) is 0 Å². The average Bonchev–Trinajstić information content (AvgIpc) is 2.76. The first-order chi connectivity index (χ1) is 14.0. The summed E-state index contributed by atoms with van der Waals surface area (Å²) < 4.78 is 38.1. The average molecular weight is 411 g/mol. The van der Waals surface area contributed by atoms with E-state index >= 15 is 0 Å². The summed E-state index contributed by atoms with van der Waals surface area (Å²) in [4.78, 5) is 13.3. The molecule has 0 atom stereocenters. The Hall–Kier alpha value is -3.32. The first kappa shape index (κ1) is 20.4. The van der Waals surface area contributed by atoms with Crippen LogP contribution in [0, 0.1) is 0 Å². The number of amides is 1. The summed E-state index contributed by atoms with van der Waals surface area (Å²) in [5.41, 5.74) is 0.405. The molecule has 150 valence electrons. The number of nitrogens with zero attached hydrogens (tertiary/aromatic N) is 1. The van der Waals surface area contributed by atoms with E-state index < -0.39 is 15.9 Å². The quantitative estimate of drug-likeness (QED) is 0.585. The van der Waals surface area contributed by atoms with Crippen LogP contribution in [-0.4, -0.2) is 28.0 Å².